The van der Waals surface area contributed by atoms with Crippen molar-refractivity contribution >= 4 is 29.2 Å². The number of carbonyl (C=O) groups is 2. The third-order valence-electron chi connectivity index (χ3n) is 4.38. The lowest BCUT2D eigenvalue weighted by atomic mass is 9.93. The summed E-state index contributed by atoms with van der Waals surface area (Å²) in [6, 6.07) is 11.1. The first-order valence-corrected chi connectivity index (χ1v) is 8.89. The van der Waals surface area contributed by atoms with Crippen molar-refractivity contribution in [1.82, 2.24) is 10.6 Å². The molecule has 1 aliphatic heterocycles. The summed E-state index contributed by atoms with van der Waals surface area (Å²) in [4.78, 5) is 25.2. The quantitative estimate of drug-likeness (QED) is 0.713. The van der Waals surface area contributed by atoms with Crippen LogP contribution in [-0.4, -0.2) is 26.2 Å². The number of benzene rings is 2. The van der Waals surface area contributed by atoms with E-state index in [0.29, 0.717) is 39.0 Å². The van der Waals surface area contributed by atoms with Gasteiger partial charge in [-0.15, -0.1) is 0 Å². The monoisotopic (exact) mass is 401 g/mol. The maximum atomic E-state index is 13.1. The summed E-state index contributed by atoms with van der Waals surface area (Å²) in [6.07, 6.45) is 0. The minimum Gasteiger partial charge on any atom is -0.493 e. The number of anilines is 1. The van der Waals surface area contributed by atoms with E-state index < -0.39 is 18.0 Å². The summed E-state index contributed by atoms with van der Waals surface area (Å²) in [5, 5.41) is 8.64. The average molecular weight is 402 g/mol. The van der Waals surface area contributed by atoms with Crippen molar-refractivity contribution in [1.29, 1.82) is 0 Å². The number of carbonyl (C=O) groups excluding carboxylic acids is 2. The van der Waals surface area contributed by atoms with Crippen LogP contribution in [0.5, 0.6) is 11.5 Å². The molecule has 3 amide bonds. The lowest BCUT2D eigenvalue weighted by Crippen LogP contribution is -2.46. The van der Waals surface area contributed by atoms with Crippen molar-refractivity contribution in [2.75, 3.05) is 19.5 Å². The van der Waals surface area contributed by atoms with Crippen molar-refractivity contribution in [2.45, 2.75) is 13.0 Å². The van der Waals surface area contributed by atoms with Gasteiger partial charge in [-0.1, -0.05) is 35.9 Å². The van der Waals surface area contributed by atoms with Crippen LogP contribution in [0.1, 0.15) is 18.5 Å². The third-order valence-corrected chi connectivity index (χ3v) is 4.71. The number of hydrogen-bond donors (Lipinski definition) is 3. The molecule has 0 radical (unpaired) electrons. The fourth-order valence-electron chi connectivity index (χ4n) is 3.12. The molecule has 0 unspecified atom stereocenters. The minimum atomic E-state index is -0.735. The molecule has 0 aromatic heterocycles. The number of halogens is 1. The number of hydrogen-bond acceptors (Lipinski definition) is 4. The number of urea groups is 1. The van der Waals surface area contributed by atoms with Gasteiger partial charge in [0.15, 0.2) is 11.5 Å². The SMILES string of the molecule is COc1cccc([C@H]2NC(=O)NC(C)=C2C(=O)Nc2ccccc2Cl)c1OC. The molecular formula is C20H20ClN3O4. The predicted octanol–water partition coefficient (Wildman–Crippen LogP) is 3.62. The Morgan fingerprint density at radius 3 is 2.54 bits per heavy atom. The van der Waals surface area contributed by atoms with E-state index in [1.54, 1.807) is 49.4 Å². The Bertz CT molecular complexity index is 958. The normalized spacial score (nSPS) is 16.1. The topological polar surface area (TPSA) is 88.7 Å². The molecular weight excluding hydrogens is 382 g/mol. The van der Waals surface area contributed by atoms with Gasteiger partial charge in [0, 0.05) is 11.3 Å². The summed E-state index contributed by atoms with van der Waals surface area (Å²) in [6.45, 7) is 1.67. The van der Waals surface area contributed by atoms with E-state index in [0.717, 1.165) is 0 Å². The molecule has 7 nitrogen and oxygen atoms in total. The van der Waals surface area contributed by atoms with Crippen LogP contribution in [0.2, 0.25) is 5.02 Å². The van der Waals surface area contributed by atoms with Crippen molar-refractivity contribution in [3.8, 4) is 11.5 Å². The molecule has 2 aromatic rings. The largest absolute Gasteiger partial charge is 0.493 e. The molecule has 8 heteroatoms. The molecule has 3 rings (SSSR count). The smallest absolute Gasteiger partial charge is 0.319 e. The zero-order valence-corrected chi connectivity index (χ0v) is 16.4. The summed E-state index contributed by atoms with van der Waals surface area (Å²) in [7, 11) is 3.03. The van der Waals surface area contributed by atoms with Gasteiger partial charge in [-0.3, -0.25) is 4.79 Å². The van der Waals surface area contributed by atoms with E-state index in [2.05, 4.69) is 16.0 Å². The molecule has 1 heterocycles. The Morgan fingerprint density at radius 2 is 1.86 bits per heavy atom. The summed E-state index contributed by atoms with van der Waals surface area (Å²) < 4.78 is 10.8. The van der Waals surface area contributed by atoms with Gasteiger partial charge in [0.05, 0.1) is 36.5 Å². The summed E-state index contributed by atoms with van der Waals surface area (Å²) >= 11 is 6.15. The summed E-state index contributed by atoms with van der Waals surface area (Å²) in [5.41, 5.74) is 1.84. The Kier molecular flexibility index (Phi) is 5.75. The number of ether oxygens (including phenoxy) is 2. The van der Waals surface area contributed by atoms with Crippen LogP contribution in [0, 0.1) is 0 Å². The molecule has 0 fully saturated rings. The maximum Gasteiger partial charge on any atom is 0.319 e. The van der Waals surface area contributed by atoms with E-state index in [-0.39, 0.29) is 0 Å². The van der Waals surface area contributed by atoms with Gasteiger partial charge in [0.25, 0.3) is 5.91 Å². The van der Waals surface area contributed by atoms with Gasteiger partial charge in [0.1, 0.15) is 0 Å². The van der Waals surface area contributed by atoms with Gasteiger partial charge >= 0.3 is 6.03 Å². The summed E-state index contributed by atoms with van der Waals surface area (Å²) in [5.74, 6) is 0.539. The van der Waals surface area contributed by atoms with Crippen LogP contribution < -0.4 is 25.4 Å². The molecule has 0 aliphatic carbocycles. The number of amides is 3. The molecule has 28 heavy (non-hydrogen) atoms. The maximum absolute atomic E-state index is 13.1. The van der Waals surface area contributed by atoms with Crippen molar-refractivity contribution < 1.29 is 19.1 Å². The van der Waals surface area contributed by atoms with Crippen LogP contribution in [0.15, 0.2) is 53.7 Å². The fraction of sp³-hybridized carbons (Fsp3) is 0.200. The van der Waals surface area contributed by atoms with Gasteiger partial charge in [0.2, 0.25) is 0 Å². The molecule has 0 spiro atoms. The molecule has 1 aliphatic rings. The van der Waals surface area contributed by atoms with Gasteiger partial charge in [-0.25, -0.2) is 4.79 Å². The Balaban J connectivity index is 2.05. The molecule has 146 valence electrons. The van der Waals surface area contributed by atoms with Crippen molar-refractivity contribution in [3.05, 3.63) is 64.3 Å². The number of nitrogens with one attached hydrogen (secondary N) is 3. The zero-order valence-electron chi connectivity index (χ0n) is 15.6. The predicted molar refractivity (Wildman–Crippen MR) is 107 cm³/mol. The second kappa shape index (κ2) is 8.22. The molecule has 1 atom stereocenters. The molecule has 0 saturated carbocycles. The number of methoxy groups -OCH3 is 2. The number of para-hydroxylation sites is 2. The third kappa shape index (κ3) is 3.75. The first kappa shape index (κ1) is 19.6. The highest BCUT2D eigenvalue weighted by Gasteiger charge is 2.34. The fourth-order valence-corrected chi connectivity index (χ4v) is 3.30. The van der Waals surface area contributed by atoms with E-state index in [1.807, 2.05) is 0 Å². The van der Waals surface area contributed by atoms with E-state index in [9.17, 15) is 9.59 Å². The second-order valence-corrected chi connectivity index (χ2v) is 6.49. The Hall–Kier alpha value is -3.19. The Labute approximate surface area is 167 Å². The Morgan fingerprint density at radius 1 is 1.11 bits per heavy atom. The van der Waals surface area contributed by atoms with Gasteiger partial charge in [-0.05, 0) is 25.1 Å². The second-order valence-electron chi connectivity index (χ2n) is 6.09. The zero-order chi connectivity index (χ0) is 20.3. The minimum absolute atomic E-state index is 0.339. The lowest BCUT2D eigenvalue weighted by molar-refractivity contribution is -0.113. The van der Waals surface area contributed by atoms with Crippen LogP contribution >= 0.6 is 11.6 Å². The van der Waals surface area contributed by atoms with Crippen molar-refractivity contribution in [3.63, 3.8) is 0 Å². The highest BCUT2D eigenvalue weighted by atomic mass is 35.5. The van der Waals surface area contributed by atoms with Crippen LogP contribution in [0.3, 0.4) is 0 Å². The lowest BCUT2D eigenvalue weighted by Gasteiger charge is -2.30. The van der Waals surface area contributed by atoms with Gasteiger partial charge in [-0.2, -0.15) is 0 Å². The van der Waals surface area contributed by atoms with E-state index in [4.69, 9.17) is 21.1 Å². The van der Waals surface area contributed by atoms with E-state index >= 15 is 0 Å². The van der Waals surface area contributed by atoms with E-state index in [1.165, 1.54) is 14.2 Å². The van der Waals surface area contributed by atoms with Crippen LogP contribution in [0.25, 0.3) is 0 Å². The molecule has 0 bridgehead atoms. The highest BCUT2D eigenvalue weighted by molar-refractivity contribution is 6.33. The average Bonchev–Trinajstić information content (AvgIpc) is 2.68. The number of allylic oxidation sites excluding steroid dienone is 1. The standard InChI is InChI=1S/C20H20ClN3O4/c1-11-16(19(25)23-14-9-5-4-8-13(14)21)17(24-20(26)22-11)12-7-6-10-15(27-2)18(12)28-3/h4-10,17H,1-3H3,(H,23,25)(H2,22,24,26)/t17-/m1/s1. The molecule has 0 saturated heterocycles. The first-order valence-electron chi connectivity index (χ1n) is 8.51. The van der Waals surface area contributed by atoms with Crippen LogP contribution in [0.4, 0.5) is 10.5 Å². The van der Waals surface area contributed by atoms with Gasteiger partial charge < -0.3 is 25.4 Å². The number of rotatable bonds is 5. The van der Waals surface area contributed by atoms with Crippen molar-refractivity contribution in [2.24, 2.45) is 0 Å². The van der Waals surface area contributed by atoms with Crippen LogP contribution in [-0.2, 0) is 4.79 Å². The molecule has 3 N–H and O–H groups in total. The first-order chi connectivity index (χ1) is 13.5. The highest BCUT2D eigenvalue weighted by Crippen LogP contribution is 2.39. The molecule has 2 aromatic carbocycles.